The molecule has 0 bridgehead atoms. The first-order valence-corrected chi connectivity index (χ1v) is 5.20. The molecule has 14 heavy (non-hydrogen) atoms. The van der Waals surface area contributed by atoms with Crippen LogP contribution in [0.1, 0.15) is 40.5 Å². The lowest BCUT2D eigenvalue weighted by Gasteiger charge is -2.21. The smallest absolute Gasteiger partial charge is 0.309 e. The van der Waals surface area contributed by atoms with E-state index in [0.717, 1.165) is 6.42 Å². The number of esters is 1. The molecule has 3 nitrogen and oxygen atoms in total. The average Bonchev–Trinajstić information content (AvgIpc) is 2.28. The second-order valence-corrected chi connectivity index (χ2v) is 5.25. The van der Waals surface area contributed by atoms with Crippen LogP contribution in [0.4, 0.5) is 0 Å². The van der Waals surface area contributed by atoms with E-state index in [-0.39, 0.29) is 23.9 Å². The van der Waals surface area contributed by atoms with Crippen molar-refractivity contribution in [1.82, 2.24) is 0 Å². The Bertz CT molecular complexity index is 207. The van der Waals surface area contributed by atoms with Gasteiger partial charge in [0.1, 0.15) is 5.60 Å². The Morgan fingerprint density at radius 3 is 2.29 bits per heavy atom. The number of ether oxygens (including phenoxy) is 1. The van der Waals surface area contributed by atoms with Crippen LogP contribution in [-0.4, -0.2) is 22.8 Å². The van der Waals surface area contributed by atoms with Crippen molar-refractivity contribution in [2.75, 3.05) is 0 Å². The number of aliphatic hydroxyl groups excluding tert-OH is 1. The molecule has 0 aromatic rings. The summed E-state index contributed by atoms with van der Waals surface area (Å²) >= 11 is 0. The van der Waals surface area contributed by atoms with Crippen molar-refractivity contribution < 1.29 is 14.6 Å². The van der Waals surface area contributed by atoms with E-state index >= 15 is 0 Å². The lowest BCUT2D eigenvalue weighted by molar-refractivity contribution is -0.160. The first-order valence-electron chi connectivity index (χ1n) is 5.20. The predicted octanol–water partition coefficient (Wildman–Crippen LogP) is 1.74. The molecule has 0 spiro atoms. The summed E-state index contributed by atoms with van der Waals surface area (Å²) in [7, 11) is 0. The highest BCUT2D eigenvalue weighted by molar-refractivity contribution is 5.73. The molecule has 0 amide bonds. The van der Waals surface area contributed by atoms with Crippen LogP contribution in [-0.2, 0) is 9.53 Å². The molecule has 3 heteroatoms. The zero-order valence-electron chi connectivity index (χ0n) is 9.41. The summed E-state index contributed by atoms with van der Waals surface area (Å²) in [5.74, 6) is -0.0624. The monoisotopic (exact) mass is 200 g/mol. The summed E-state index contributed by atoms with van der Waals surface area (Å²) in [6, 6.07) is 0. The molecule has 1 aliphatic rings. The Hall–Kier alpha value is -0.570. The maximum absolute atomic E-state index is 11.6. The van der Waals surface area contributed by atoms with Gasteiger partial charge in [0.2, 0.25) is 0 Å². The molecule has 1 fully saturated rings. The van der Waals surface area contributed by atoms with Gasteiger partial charge in [0.05, 0.1) is 12.0 Å². The second-order valence-electron chi connectivity index (χ2n) is 5.25. The van der Waals surface area contributed by atoms with Gasteiger partial charge in [0, 0.05) is 0 Å². The standard InChI is InChI=1S/C11H20O3/c1-7-5-8(6-9(7)12)10(13)14-11(2,3)4/h7-9,12H,5-6H2,1-4H3. The van der Waals surface area contributed by atoms with Crippen molar-refractivity contribution >= 4 is 5.97 Å². The average molecular weight is 200 g/mol. The van der Waals surface area contributed by atoms with E-state index in [0.29, 0.717) is 6.42 Å². The third-order valence-electron chi connectivity index (χ3n) is 2.58. The van der Waals surface area contributed by atoms with Gasteiger partial charge in [-0.25, -0.2) is 0 Å². The Kier molecular flexibility index (Phi) is 3.20. The zero-order chi connectivity index (χ0) is 10.9. The van der Waals surface area contributed by atoms with E-state index in [4.69, 9.17) is 4.74 Å². The largest absolute Gasteiger partial charge is 0.460 e. The summed E-state index contributed by atoms with van der Waals surface area (Å²) in [5.41, 5.74) is -0.423. The van der Waals surface area contributed by atoms with Gasteiger partial charge in [-0.3, -0.25) is 4.79 Å². The normalized spacial score (nSPS) is 33.1. The zero-order valence-corrected chi connectivity index (χ0v) is 9.41. The topological polar surface area (TPSA) is 46.5 Å². The predicted molar refractivity (Wildman–Crippen MR) is 53.7 cm³/mol. The van der Waals surface area contributed by atoms with E-state index in [1.807, 2.05) is 27.7 Å². The quantitative estimate of drug-likeness (QED) is 0.656. The molecular formula is C11H20O3. The highest BCUT2D eigenvalue weighted by Gasteiger charge is 2.36. The number of hydrogen-bond acceptors (Lipinski definition) is 3. The molecular weight excluding hydrogens is 180 g/mol. The van der Waals surface area contributed by atoms with Gasteiger partial charge in [-0.1, -0.05) is 6.92 Å². The maximum atomic E-state index is 11.6. The lowest BCUT2D eigenvalue weighted by atomic mass is 10.1. The van der Waals surface area contributed by atoms with Gasteiger partial charge < -0.3 is 9.84 Å². The highest BCUT2D eigenvalue weighted by Crippen LogP contribution is 2.32. The first-order chi connectivity index (χ1) is 6.29. The fraction of sp³-hybridized carbons (Fsp3) is 0.909. The fourth-order valence-corrected chi connectivity index (χ4v) is 1.80. The molecule has 0 aromatic carbocycles. The van der Waals surface area contributed by atoms with Crippen LogP contribution >= 0.6 is 0 Å². The molecule has 0 radical (unpaired) electrons. The van der Waals surface area contributed by atoms with Crippen molar-refractivity contribution in [2.45, 2.75) is 52.2 Å². The summed E-state index contributed by atoms with van der Waals surface area (Å²) in [6.45, 7) is 7.55. The Morgan fingerprint density at radius 1 is 1.36 bits per heavy atom. The highest BCUT2D eigenvalue weighted by atomic mass is 16.6. The minimum absolute atomic E-state index is 0.112. The minimum atomic E-state index is -0.423. The molecule has 82 valence electrons. The van der Waals surface area contributed by atoms with Crippen LogP contribution in [0.25, 0.3) is 0 Å². The van der Waals surface area contributed by atoms with Gasteiger partial charge in [-0.2, -0.15) is 0 Å². The van der Waals surface area contributed by atoms with Gasteiger partial charge in [-0.05, 0) is 39.5 Å². The van der Waals surface area contributed by atoms with Crippen LogP contribution in [0.2, 0.25) is 0 Å². The van der Waals surface area contributed by atoms with Crippen LogP contribution in [0.15, 0.2) is 0 Å². The Balaban J connectivity index is 2.48. The first kappa shape index (κ1) is 11.5. The third kappa shape index (κ3) is 2.98. The lowest BCUT2D eigenvalue weighted by Crippen LogP contribution is -2.28. The molecule has 3 unspecified atom stereocenters. The molecule has 1 N–H and O–H groups in total. The van der Waals surface area contributed by atoms with Crippen molar-refractivity contribution in [3.05, 3.63) is 0 Å². The van der Waals surface area contributed by atoms with E-state index < -0.39 is 5.60 Å². The SMILES string of the molecule is CC1CC(C(=O)OC(C)(C)C)CC1O. The van der Waals surface area contributed by atoms with Crippen LogP contribution in [0, 0.1) is 11.8 Å². The van der Waals surface area contributed by atoms with E-state index in [2.05, 4.69) is 0 Å². The molecule has 0 aliphatic heterocycles. The van der Waals surface area contributed by atoms with E-state index in [1.54, 1.807) is 0 Å². The van der Waals surface area contributed by atoms with Gasteiger partial charge in [-0.15, -0.1) is 0 Å². The molecule has 1 rings (SSSR count). The molecule has 3 atom stereocenters. The Labute approximate surface area is 85.5 Å². The van der Waals surface area contributed by atoms with Gasteiger partial charge in [0.25, 0.3) is 0 Å². The van der Waals surface area contributed by atoms with Crippen LogP contribution in [0.5, 0.6) is 0 Å². The minimum Gasteiger partial charge on any atom is -0.460 e. The molecule has 0 aromatic heterocycles. The number of carbonyl (C=O) groups is 1. The number of carbonyl (C=O) groups excluding carboxylic acids is 1. The van der Waals surface area contributed by atoms with Crippen molar-refractivity contribution in [3.8, 4) is 0 Å². The van der Waals surface area contributed by atoms with Crippen molar-refractivity contribution in [1.29, 1.82) is 0 Å². The summed E-state index contributed by atoms with van der Waals surface area (Å²) < 4.78 is 5.27. The van der Waals surface area contributed by atoms with Crippen LogP contribution in [0.3, 0.4) is 0 Å². The molecule has 1 aliphatic carbocycles. The Morgan fingerprint density at radius 2 is 1.93 bits per heavy atom. The molecule has 0 saturated heterocycles. The molecule has 0 heterocycles. The van der Waals surface area contributed by atoms with Crippen LogP contribution < -0.4 is 0 Å². The third-order valence-corrected chi connectivity index (χ3v) is 2.58. The number of aliphatic hydroxyl groups is 1. The maximum Gasteiger partial charge on any atom is 0.309 e. The summed E-state index contributed by atoms with van der Waals surface area (Å²) in [5, 5.41) is 9.51. The summed E-state index contributed by atoms with van der Waals surface area (Å²) in [4.78, 5) is 11.6. The van der Waals surface area contributed by atoms with Crippen molar-refractivity contribution in [2.24, 2.45) is 11.8 Å². The summed E-state index contributed by atoms with van der Waals surface area (Å²) in [6.07, 6.45) is 0.958. The van der Waals surface area contributed by atoms with E-state index in [1.165, 1.54) is 0 Å². The number of hydrogen-bond donors (Lipinski definition) is 1. The fourth-order valence-electron chi connectivity index (χ4n) is 1.80. The number of rotatable bonds is 1. The second kappa shape index (κ2) is 3.89. The molecule has 1 saturated carbocycles. The van der Waals surface area contributed by atoms with Gasteiger partial charge >= 0.3 is 5.97 Å². The van der Waals surface area contributed by atoms with E-state index in [9.17, 15) is 9.90 Å². The van der Waals surface area contributed by atoms with Crippen molar-refractivity contribution in [3.63, 3.8) is 0 Å². The van der Waals surface area contributed by atoms with Gasteiger partial charge in [0.15, 0.2) is 0 Å².